The van der Waals surface area contributed by atoms with Gasteiger partial charge in [-0.2, -0.15) is 0 Å². The van der Waals surface area contributed by atoms with Gasteiger partial charge in [-0.1, -0.05) is 57.2 Å². The highest BCUT2D eigenvalue weighted by Crippen LogP contribution is 2.51. The van der Waals surface area contributed by atoms with Crippen LogP contribution in [0.1, 0.15) is 150 Å². The second kappa shape index (κ2) is 34.9. The van der Waals surface area contributed by atoms with Crippen molar-refractivity contribution in [1.29, 1.82) is 0 Å². The van der Waals surface area contributed by atoms with Crippen molar-refractivity contribution in [1.82, 2.24) is 0 Å². The molecule has 0 radical (unpaired) electrons. The summed E-state index contributed by atoms with van der Waals surface area (Å²) >= 11 is 0. The third kappa shape index (κ3) is 20.3. The first-order valence-electron chi connectivity index (χ1n) is 32.6. The number of carbonyl (C=O) groups excluding carboxylic acids is 3. The molecule has 6 aliphatic rings. The van der Waals surface area contributed by atoms with E-state index in [0.717, 1.165) is 138 Å². The summed E-state index contributed by atoms with van der Waals surface area (Å²) in [6.07, 6.45) is 12.2. The van der Waals surface area contributed by atoms with E-state index in [0.29, 0.717) is 52.8 Å². The van der Waals surface area contributed by atoms with Gasteiger partial charge in [-0.25, -0.2) is 19.2 Å². The van der Waals surface area contributed by atoms with Crippen molar-refractivity contribution in [3.8, 4) is 17.2 Å². The number of fused-ring (bicyclic) bond motifs is 6. The molecule has 0 unspecified atom stereocenters. The van der Waals surface area contributed by atoms with Gasteiger partial charge in [-0.15, -0.1) is 0 Å². The van der Waals surface area contributed by atoms with Crippen LogP contribution in [-0.2, 0) is 81.5 Å². The zero-order valence-corrected chi connectivity index (χ0v) is 52.4. The second-order valence-electron chi connectivity index (χ2n) is 25.5. The van der Waals surface area contributed by atoms with Gasteiger partial charge in [-0.3, -0.25) is 9.59 Å². The fourth-order valence-corrected chi connectivity index (χ4v) is 14.9. The maximum atomic E-state index is 11.9. The Kier molecular flexibility index (Phi) is 27.6. The predicted octanol–water partition coefficient (Wildman–Crippen LogP) is 7.04. The van der Waals surface area contributed by atoms with Crippen molar-refractivity contribution in [2.24, 2.45) is 53.3 Å². The molecule has 0 bridgehead atoms. The Balaban J connectivity index is 0.000000192. The Morgan fingerprint density at radius 2 is 0.767 bits per heavy atom. The molecule has 0 heterocycles. The van der Waals surface area contributed by atoms with E-state index in [-0.39, 0.29) is 107 Å². The lowest BCUT2D eigenvalue weighted by Crippen LogP contribution is -2.28. The Labute approximate surface area is 527 Å². The third-order valence-electron chi connectivity index (χ3n) is 19.7. The van der Waals surface area contributed by atoms with E-state index in [1.807, 2.05) is 57.2 Å². The predicted molar refractivity (Wildman–Crippen MR) is 328 cm³/mol. The number of rotatable bonds is 30. The van der Waals surface area contributed by atoms with E-state index in [1.165, 1.54) is 11.1 Å². The minimum Gasteiger partial charge on any atom is -0.482 e. The molecule has 0 saturated heterocycles. The van der Waals surface area contributed by atoms with Crippen LogP contribution in [-0.4, -0.2) is 158 Å². The van der Waals surface area contributed by atoms with Crippen LogP contribution in [0.3, 0.4) is 0 Å². The van der Waals surface area contributed by atoms with Crippen molar-refractivity contribution in [2.75, 3.05) is 39.6 Å². The van der Waals surface area contributed by atoms with Gasteiger partial charge in [0, 0.05) is 6.42 Å². The molecule has 21 nitrogen and oxygen atoms in total. The number of hydrogen-bond donors (Lipinski definition) is 9. The SMILES string of the molecule is CC[C@H](O)CC[C@@H]1[C@H]2Cc3cccc(OCC(=O)OCC(=O)O)c3C[C@H]2C[C@H]1O.CC[C@H](O)CC[C@@H]1[C@H]2Cc3cccc(OCC(=O)OCCC(=O)O)c3C[C@H]2C[C@H]1O.CC[C@H](O)CC[C@@H]1[C@H]2Cc3cccc(OCC(=O)OCCCC(=O)O)c3C[C@H]2C[C@H]1O. The molecule has 0 aromatic heterocycles. The molecule has 0 amide bonds. The summed E-state index contributed by atoms with van der Waals surface area (Å²) in [6.45, 7) is 4.33. The molecule has 3 aromatic carbocycles. The molecule has 21 heteroatoms. The van der Waals surface area contributed by atoms with Gasteiger partial charge in [0.25, 0.3) is 0 Å². The molecular formula is C69H96O21. The number of carboxylic acid groups (broad SMARTS) is 3. The number of carboxylic acids is 3. The lowest BCUT2D eigenvalue weighted by molar-refractivity contribution is -0.156. The van der Waals surface area contributed by atoms with Crippen molar-refractivity contribution in [3.63, 3.8) is 0 Å². The number of esters is 3. The number of carbonyl (C=O) groups is 6. The number of aliphatic carboxylic acids is 3. The summed E-state index contributed by atoms with van der Waals surface area (Å²) in [7, 11) is 0. The summed E-state index contributed by atoms with van der Waals surface area (Å²) < 4.78 is 31.6. The van der Waals surface area contributed by atoms with Crippen LogP contribution in [0.15, 0.2) is 54.6 Å². The number of aliphatic hydroxyl groups excluding tert-OH is 6. The monoisotopic (exact) mass is 1260 g/mol. The topological polar surface area (TPSA) is 340 Å². The van der Waals surface area contributed by atoms with Gasteiger partial charge in [0.1, 0.15) is 23.9 Å². The van der Waals surface area contributed by atoms with Crippen LogP contribution < -0.4 is 14.2 Å². The van der Waals surface area contributed by atoms with Crippen LogP contribution in [0.5, 0.6) is 17.2 Å². The van der Waals surface area contributed by atoms with Crippen LogP contribution >= 0.6 is 0 Å². The Hall–Kier alpha value is -6.36. The minimum atomic E-state index is -1.21. The Morgan fingerprint density at radius 3 is 1.09 bits per heavy atom. The van der Waals surface area contributed by atoms with Crippen molar-refractivity contribution in [3.05, 3.63) is 88.0 Å². The number of ether oxygens (including phenoxy) is 6. The standard InChI is InChI=1S/C24H34O7.C23H32O7.C22H30O7/c1-2-17(25)8-9-18-19-11-15-5-3-6-22(20(15)12-16(19)13-21(18)26)31-14-24(29)30-10-4-7-23(27)28;1-2-16(24)6-7-17-18-10-14-4-3-5-21(19(14)11-15(18)12-20(17)25)30-13-23(28)29-9-8-22(26)27;1-2-15(23)6-7-16-17-8-13-4-3-5-20(18(13)9-14(17)10-19(16)24)28-12-22(27)29-11-21(25)26/h3,5-6,16-19,21,25-26H,2,4,7-14H2,1H3,(H,27,28);3-5,15-18,20,24-25H,2,6-13H2,1H3,(H,26,27);3-5,14-17,19,23-24H,2,6-12H2,1H3,(H,25,26)/t16-,17-,18+,19-,21+;15-,16-,17+,18-,20+;14-,15-,16+,17-,19+/m000/s1. The van der Waals surface area contributed by atoms with Crippen LogP contribution in [0.25, 0.3) is 0 Å². The lowest BCUT2D eigenvalue weighted by Gasteiger charge is -2.32. The van der Waals surface area contributed by atoms with Crippen LogP contribution in [0.2, 0.25) is 0 Å². The zero-order chi connectivity index (χ0) is 65.0. The lowest BCUT2D eigenvalue weighted by atomic mass is 9.73. The highest BCUT2D eigenvalue weighted by Gasteiger charge is 2.48. The maximum absolute atomic E-state index is 11.9. The Bertz CT molecular complexity index is 2840. The summed E-state index contributed by atoms with van der Waals surface area (Å²) in [5.41, 5.74) is 6.79. The molecule has 90 heavy (non-hydrogen) atoms. The molecule has 0 spiro atoms. The molecule has 9 rings (SSSR count). The van der Waals surface area contributed by atoms with Crippen LogP contribution in [0.4, 0.5) is 0 Å². The first-order chi connectivity index (χ1) is 43.2. The first-order valence-corrected chi connectivity index (χ1v) is 32.6. The van der Waals surface area contributed by atoms with E-state index in [4.69, 9.17) is 39.0 Å². The smallest absolute Gasteiger partial charge is 0.344 e. The molecule has 498 valence electrons. The second-order valence-corrected chi connectivity index (χ2v) is 25.5. The molecule has 15 atom stereocenters. The van der Waals surface area contributed by atoms with Crippen molar-refractivity contribution >= 4 is 35.8 Å². The quantitative estimate of drug-likeness (QED) is 0.0183. The minimum absolute atomic E-state index is 0.0346. The molecule has 3 fully saturated rings. The van der Waals surface area contributed by atoms with Crippen LogP contribution in [0, 0.1) is 53.3 Å². The van der Waals surface area contributed by atoms with Gasteiger partial charge in [0.2, 0.25) is 0 Å². The zero-order valence-electron chi connectivity index (χ0n) is 52.4. The van der Waals surface area contributed by atoms with Gasteiger partial charge >= 0.3 is 35.8 Å². The van der Waals surface area contributed by atoms with Gasteiger partial charge < -0.3 is 74.4 Å². The van der Waals surface area contributed by atoms with E-state index in [2.05, 4.69) is 22.9 Å². The number of hydrogen-bond acceptors (Lipinski definition) is 18. The van der Waals surface area contributed by atoms with Crippen molar-refractivity contribution in [2.45, 2.75) is 192 Å². The van der Waals surface area contributed by atoms with Gasteiger partial charge in [0.05, 0.1) is 49.7 Å². The van der Waals surface area contributed by atoms with E-state index >= 15 is 0 Å². The van der Waals surface area contributed by atoms with E-state index in [1.54, 1.807) is 0 Å². The van der Waals surface area contributed by atoms with E-state index in [9.17, 15) is 59.4 Å². The average Bonchev–Trinajstić information content (AvgIpc) is 1.66. The fraction of sp³-hybridized carbons (Fsp3) is 0.652. The normalized spacial score (nSPS) is 25.8. The fourth-order valence-electron chi connectivity index (χ4n) is 14.9. The summed E-state index contributed by atoms with van der Waals surface area (Å²) in [5, 5.41) is 87.4. The molecule has 3 aromatic rings. The highest BCUT2D eigenvalue weighted by atomic mass is 16.6. The number of benzene rings is 3. The largest absolute Gasteiger partial charge is 0.482 e. The number of aliphatic hydroxyl groups is 6. The third-order valence-corrected chi connectivity index (χ3v) is 19.7. The summed E-state index contributed by atoms with van der Waals surface area (Å²) in [4.78, 5) is 66.8. The molecular weight excluding hydrogens is 1160 g/mol. The first kappa shape index (κ1) is 71.1. The highest BCUT2D eigenvalue weighted by molar-refractivity contribution is 5.76. The maximum Gasteiger partial charge on any atom is 0.344 e. The Morgan fingerprint density at radius 1 is 0.433 bits per heavy atom. The molecule has 9 N–H and O–H groups in total. The summed E-state index contributed by atoms with van der Waals surface area (Å²) in [6, 6.07) is 17.4. The van der Waals surface area contributed by atoms with Gasteiger partial charge in [-0.05, 0) is 227 Å². The molecule has 3 saturated carbocycles. The average molecular weight is 1260 g/mol. The molecule has 6 aliphatic carbocycles. The van der Waals surface area contributed by atoms with E-state index < -0.39 is 42.4 Å². The molecule has 0 aliphatic heterocycles. The summed E-state index contributed by atoms with van der Waals surface area (Å²) in [5.74, 6) is -0.112. The van der Waals surface area contributed by atoms with Gasteiger partial charge in [0.15, 0.2) is 26.4 Å². The van der Waals surface area contributed by atoms with Crippen molar-refractivity contribution < 1.29 is 103 Å².